The van der Waals surface area contributed by atoms with E-state index in [9.17, 15) is 0 Å². The van der Waals surface area contributed by atoms with Crippen LogP contribution < -0.4 is 8.32 Å². The van der Waals surface area contributed by atoms with Gasteiger partial charge >= 0.3 is 74.2 Å². The summed E-state index contributed by atoms with van der Waals surface area (Å²) < 4.78 is 33.8. The third-order valence-electron chi connectivity index (χ3n) is 0. The molecule has 32 valence electrons. The van der Waals surface area contributed by atoms with Crippen molar-refractivity contribution in [3.8, 4) is 0 Å². The fraction of sp³-hybridized carbons (Fsp3) is 0. The normalized spacial score (nSPS) is 2.29. The Bertz CT molecular complexity index is 30.7. The second kappa shape index (κ2) is 27.1. The van der Waals surface area contributed by atoms with E-state index in [-0.39, 0.29) is 27.3 Å². The predicted molar refractivity (Wildman–Crippen MR) is 12.9 cm³/mol. The first kappa shape index (κ1) is 15.7. The quantitative estimate of drug-likeness (QED) is 0.407. The summed E-state index contributed by atoms with van der Waals surface area (Å²) in [5.41, 5.74) is 0. The van der Waals surface area contributed by atoms with Crippen LogP contribution in [0.2, 0.25) is 0 Å². The van der Waals surface area contributed by atoms with Crippen LogP contribution in [0.5, 0.6) is 0 Å². The van der Waals surface area contributed by atoms with E-state index in [1.165, 1.54) is 0 Å². The van der Waals surface area contributed by atoms with Crippen molar-refractivity contribution in [1.82, 2.24) is 0 Å². The molecule has 0 aliphatic heterocycles. The molecule has 0 heterocycles. The van der Waals surface area contributed by atoms with Crippen LogP contribution in [0.25, 0.3) is 0 Å². The first-order valence-corrected chi connectivity index (χ1v) is 2.83. The van der Waals surface area contributed by atoms with Crippen molar-refractivity contribution in [2.75, 3.05) is 0 Å². The second-order valence-electron chi connectivity index (χ2n) is 0.192. The Labute approximate surface area is 73.6 Å². The van der Waals surface area contributed by atoms with Crippen molar-refractivity contribution < 1.29 is 43.2 Å². The summed E-state index contributed by atoms with van der Waals surface area (Å²) in [5, 5.41) is 0. The van der Waals surface area contributed by atoms with E-state index in [0.717, 1.165) is 0 Å². The minimum atomic E-state index is -1.75. The molecular weight excluding hydrogens is 230 g/mol. The molecule has 0 aliphatic carbocycles. The van der Waals surface area contributed by atoms with Gasteiger partial charge in [0.1, 0.15) is 0 Å². The van der Waals surface area contributed by atoms with Gasteiger partial charge in [0.2, 0.25) is 0 Å². The first-order chi connectivity index (χ1) is 2.83. The standard InChI is InChI=1S/2Al.Cd.4O/q;;+2;;;2*-1. The molecule has 0 unspecified atom stereocenters. The maximum absolute atomic E-state index is 8.46. The molecule has 0 bridgehead atoms. The van der Waals surface area contributed by atoms with Crippen LogP contribution in [0.1, 0.15) is 0 Å². The third-order valence-corrected chi connectivity index (χ3v) is 0. The van der Waals surface area contributed by atoms with Gasteiger partial charge in [-0.3, -0.25) is 0 Å². The molecule has 4 nitrogen and oxygen atoms in total. The number of rotatable bonds is 0. The van der Waals surface area contributed by atoms with E-state index in [1.54, 1.807) is 0 Å². The second-order valence-corrected chi connectivity index (χ2v) is 0.577. The topological polar surface area (TPSA) is 80.3 Å². The summed E-state index contributed by atoms with van der Waals surface area (Å²) in [6, 6.07) is 0. The molecule has 7 heteroatoms. The monoisotopic (exact) mass is 232 g/mol. The summed E-state index contributed by atoms with van der Waals surface area (Å²) >= 11 is -3.50. The van der Waals surface area contributed by atoms with Crippen LogP contribution in [0.4, 0.5) is 0 Å². The van der Waals surface area contributed by atoms with E-state index < -0.39 is 31.0 Å². The summed E-state index contributed by atoms with van der Waals surface area (Å²) in [6.45, 7) is 0. The zero-order valence-corrected chi connectivity index (χ0v) is 9.84. The van der Waals surface area contributed by atoms with Crippen molar-refractivity contribution in [2.45, 2.75) is 0 Å². The van der Waals surface area contributed by atoms with Gasteiger partial charge in [0.25, 0.3) is 0 Å². The SMILES string of the molecule is [Cd+2].[O]=[Al][O-].[O]=[Al][O-]. The molecule has 0 spiro atoms. The van der Waals surface area contributed by atoms with Gasteiger partial charge in [0.05, 0.1) is 0 Å². The molecular formula is Al2CdO4. The average molecular weight is 230 g/mol. The van der Waals surface area contributed by atoms with Gasteiger partial charge in [-0.15, -0.1) is 0 Å². The van der Waals surface area contributed by atoms with E-state index in [1.807, 2.05) is 0 Å². The predicted octanol–water partition coefficient (Wildman–Crippen LogP) is -3.38. The molecule has 0 amide bonds. The molecule has 0 aromatic carbocycles. The van der Waals surface area contributed by atoms with Crippen LogP contribution in [-0.4, -0.2) is 31.0 Å². The molecule has 0 saturated carbocycles. The molecule has 0 rings (SSSR count). The fourth-order valence-corrected chi connectivity index (χ4v) is 0. The molecule has 0 aliphatic rings. The average Bonchev–Trinajstić information content (AvgIpc) is 1.39. The Balaban J connectivity index is -0.0000000400. The summed E-state index contributed by atoms with van der Waals surface area (Å²) in [4.78, 5) is 0. The van der Waals surface area contributed by atoms with Crippen LogP contribution in [0.15, 0.2) is 0 Å². The van der Waals surface area contributed by atoms with Crippen molar-refractivity contribution in [3.63, 3.8) is 0 Å². The van der Waals surface area contributed by atoms with Crippen molar-refractivity contribution in [3.05, 3.63) is 0 Å². The van der Waals surface area contributed by atoms with Gasteiger partial charge in [-0.25, -0.2) is 0 Å². The van der Waals surface area contributed by atoms with Gasteiger partial charge in [-0.2, -0.15) is 0 Å². The van der Waals surface area contributed by atoms with Crippen molar-refractivity contribution in [2.24, 2.45) is 0 Å². The van der Waals surface area contributed by atoms with Gasteiger partial charge in [-0.1, -0.05) is 0 Å². The molecule has 7 heavy (non-hydrogen) atoms. The van der Waals surface area contributed by atoms with Crippen LogP contribution in [0.3, 0.4) is 0 Å². The Morgan fingerprint density at radius 1 is 1.00 bits per heavy atom. The van der Waals surface area contributed by atoms with Gasteiger partial charge < -0.3 is 0 Å². The minimum absolute atomic E-state index is 0. The van der Waals surface area contributed by atoms with E-state index in [2.05, 4.69) is 0 Å². The molecule has 0 fully saturated rings. The van der Waals surface area contributed by atoms with Crippen molar-refractivity contribution in [1.29, 1.82) is 0 Å². The number of hydrogen-bond acceptors (Lipinski definition) is 4. The zero-order chi connectivity index (χ0) is 5.41. The summed E-state index contributed by atoms with van der Waals surface area (Å²) in [5.74, 6) is 0. The Morgan fingerprint density at radius 3 is 1.00 bits per heavy atom. The fourth-order valence-electron chi connectivity index (χ4n) is 0. The van der Waals surface area contributed by atoms with E-state index >= 15 is 0 Å². The Hall–Kier alpha value is 1.19. The van der Waals surface area contributed by atoms with Gasteiger partial charge in [-0.05, 0) is 0 Å². The number of hydrogen-bond donors (Lipinski definition) is 0. The third kappa shape index (κ3) is 137. The summed E-state index contributed by atoms with van der Waals surface area (Å²) in [7, 11) is 0. The molecule has 0 atom stereocenters. The van der Waals surface area contributed by atoms with Crippen molar-refractivity contribution >= 4 is 31.0 Å². The first-order valence-electron chi connectivity index (χ1n) is 0.943. The molecule has 0 radical (unpaired) electrons. The van der Waals surface area contributed by atoms with Gasteiger partial charge in [0, 0.05) is 0 Å². The van der Waals surface area contributed by atoms with E-state index in [4.69, 9.17) is 15.9 Å². The van der Waals surface area contributed by atoms with Crippen LogP contribution in [-0.2, 0) is 34.9 Å². The van der Waals surface area contributed by atoms with E-state index in [0.29, 0.717) is 0 Å². The Morgan fingerprint density at radius 2 is 1.00 bits per heavy atom. The summed E-state index contributed by atoms with van der Waals surface area (Å²) in [6.07, 6.45) is 0. The Kier molecular flexibility index (Phi) is 60.8. The zero-order valence-electron chi connectivity index (χ0n) is 3.49. The molecule has 0 aromatic rings. The van der Waals surface area contributed by atoms with Crippen LogP contribution in [0, 0.1) is 0 Å². The molecule has 0 saturated heterocycles. The maximum atomic E-state index is 8.46. The van der Waals surface area contributed by atoms with Gasteiger partial charge in [0.15, 0.2) is 0 Å². The van der Waals surface area contributed by atoms with Crippen LogP contribution >= 0.6 is 0 Å². The molecule has 0 aromatic heterocycles. The molecule has 0 N–H and O–H groups in total.